The van der Waals surface area contributed by atoms with E-state index in [9.17, 15) is 4.79 Å². The Morgan fingerprint density at radius 2 is 2.06 bits per heavy atom. The van der Waals surface area contributed by atoms with E-state index in [-0.39, 0.29) is 11.9 Å². The molecule has 1 saturated heterocycles. The molecule has 1 fully saturated rings. The van der Waals surface area contributed by atoms with Crippen molar-refractivity contribution in [1.82, 2.24) is 34.4 Å². The molecule has 2 aliphatic rings. The van der Waals surface area contributed by atoms with Gasteiger partial charge in [-0.25, -0.2) is 0 Å². The van der Waals surface area contributed by atoms with Gasteiger partial charge in [0, 0.05) is 24.5 Å². The van der Waals surface area contributed by atoms with E-state index in [1.165, 1.54) is 18.2 Å². The van der Waals surface area contributed by atoms with Gasteiger partial charge in [-0.1, -0.05) is 35.9 Å². The summed E-state index contributed by atoms with van der Waals surface area (Å²) >= 11 is 7.68. The van der Waals surface area contributed by atoms with Crippen molar-refractivity contribution in [2.45, 2.75) is 63.2 Å². The molecule has 0 N–H and O–H groups in total. The zero-order valence-corrected chi connectivity index (χ0v) is 19.6. The van der Waals surface area contributed by atoms with Crippen LogP contribution in [0.25, 0.3) is 5.69 Å². The van der Waals surface area contributed by atoms with E-state index in [0.29, 0.717) is 15.9 Å². The number of hydrogen-bond donors (Lipinski definition) is 0. The Labute approximate surface area is 196 Å². The molecule has 0 radical (unpaired) electrons. The van der Waals surface area contributed by atoms with Crippen molar-refractivity contribution in [3.8, 4) is 5.69 Å². The molecule has 1 atom stereocenters. The van der Waals surface area contributed by atoms with Gasteiger partial charge in [-0.2, -0.15) is 0 Å². The predicted molar refractivity (Wildman–Crippen MR) is 123 cm³/mol. The average Bonchev–Trinajstić information content (AvgIpc) is 3.51. The third-order valence-electron chi connectivity index (χ3n) is 6.28. The SMILES string of the molecule is Cc1ccc(-n2cnnc2SCC(=O)N2CCCC2c2nnc3n2CCCCC3)cc1Cl. The maximum absolute atomic E-state index is 13.2. The number of fused-ring (bicyclic) bond motifs is 1. The fourth-order valence-electron chi connectivity index (χ4n) is 4.53. The molecule has 1 unspecified atom stereocenters. The van der Waals surface area contributed by atoms with Crippen LogP contribution in [-0.4, -0.2) is 52.6 Å². The van der Waals surface area contributed by atoms with Crippen molar-refractivity contribution < 1.29 is 4.79 Å². The van der Waals surface area contributed by atoms with Crippen LogP contribution in [0.15, 0.2) is 29.7 Å². The van der Waals surface area contributed by atoms with Crippen LogP contribution in [0.3, 0.4) is 0 Å². The molecule has 32 heavy (non-hydrogen) atoms. The van der Waals surface area contributed by atoms with Gasteiger partial charge in [0.1, 0.15) is 12.2 Å². The standard InChI is InChI=1S/C22H26ClN7OS/c1-15-8-9-16(12-17(15)23)30-14-24-27-22(30)32-13-20(31)28-11-5-6-18(28)21-26-25-19-7-3-2-4-10-29(19)21/h8-9,12,14,18H,2-7,10-11,13H2,1H3. The molecule has 0 saturated carbocycles. The number of aryl methyl sites for hydroxylation is 2. The number of benzene rings is 1. The van der Waals surface area contributed by atoms with Crippen LogP contribution in [0.1, 0.15) is 55.4 Å². The predicted octanol–water partition coefficient (Wildman–Crippen LogP) is 4.00. The lowest BCUT2D eigenvalue weighted by molar-refractivity contribution is -0.129. The summed E-state index contributed by atoms with van der Waals surface area (Å²) in [5, 5.41) is 18.6. The number of carbonyl (C=O) groups excluding carboxylic acids is 1. The van der Waals surface area contributed by atoms with Gasteiger partial charge in [0.2, 0.25) is 5.91 Å². The van der Waals surface area contributed by atoms with Gasteiger partial charge in [-0.3, -0.25) is 9.36 Å². The quantitative estimate of drug-likeness (QED) is 0.523. The zero-order chi connectivity index (χ0) is 22.1. The van der Waals surface area contributed by atoms with Crippen LogP contribution in [0, 0.1) is 6.92 Å². The molecule has 4 heterocycles. The van der Waals surface area contributed by atoms with Crippen LogP contribution in [0.5, 0.6) is 0 Å². The first-order valence-electron chi connectivity index (χ1n) is 11.1. The van der Waals surface area contributed by atoms with Crippen LogP contribution < -0.4 is 0 Å². The summed E-state index contributed by atoms with van der Waals surface area (Å²) < 4.78 is 4.12. The van der Waals surface area contributed by atoms with E-state index in [2.05, 4.69) is 25.0 Å². The normalized spacial score (nSPS) is 18.6. The first-order valence-corrected chi connectivity index (χ1v) is 12.5. The second-order valence-corrected chi connectivity index (χ2v) is 9.74. The Morgan fingerprint density at radius 3 is 2.94 bits per heavy atom. The largest absolute Gasteiger partial charge is 0.332 e. The maximum atomic E-state index is 13.2. The van der Waals surface area contributed by atoms with E-state index in [1.54, 1.807) is 6.33 Å². The Morgan fingerprint density at radius 1 is 1.16 bits per heavy atom. The first kappa shape index (κ1) is 21.5. The van der Waals surface area contributed by atoms with Crippen molar-refractivity contribution in [1.29, 1.82) is 0 Å². The number of aromatic nitrogens is 6. The number of nitrogens with zero attached hydrogens (tertiary/aromatic N) is 7. The van der Waals surface area contributed by atoms with Crippen molar-refractivity contribution in [2.24, 2.45) is 0 Å². The van der Waals surface area contributed by atoms with Crippen molar-refractivity contribution >= 4 is 29.3 Å². The Balaban J connectivity index is 1.29. The molecule has 0 aliphatic carbocycles. The minimum atomic E-state index is 0.0104. The van der Waals surface area contributed by atoms with E-state index in [0.717, 1.165) is 68.1 Å². The number of thioether (sulfide) groups is 1. The molecule has 2 aliphatic heterocycles. The number of carbonyl (C=O) groups is 1. The number of hydrogen-bond acceptors (Lipinski definition) is 6. The monoisotopic (exact) mass is 471 g/mol. The van der Waals surface area contributed by atoms with Gasteiger partial charge in [0.25, 0.3) is 0 Å². The molecule has 1 amide bonds. The molecule has 8 nitrogen and oxygen atoms in total. The topological polar surface area (TPSA) is 81.7 Å². The summed E-state index contributed by atoms with van der Waals surface area (Å²) in [5.41, 5.74) is 1.89. The Kier molecular flexibility index (Phi) is 6.19. The summed E-state index contributed by atoms with van der Waals surface area (Å²) in [5.74, 6) is 2.42. The van der Waals surface area contributed by atoms with Gasteiger partial charge >= 0.3 is 0 Å². The lowest BCUT2D eigenvalue weighted by Gasteiger charge is -2.24. The average molecular weight is 472 g/mol. The van der Waals surface area contributed by atoms with Gasteiger partial charge in [-0.05, 0) is 50.3 Å². The van der Waals surface area contributed by atoms with Gasteiger partial charge in [0.05, 0.1) is 17.5 Å². The van der Waals surface area contributed by atoms with Crippen molar-refractivity contribution in [2.75, 3.05) is 12.3 Å². The molecule has 2 aromatic heterocycles. The second kappa shape index (κ2) is 9.23. The van der Waals surface area contributed by atoms with E-state index in [1.807, 2.05) is 34.6 Å². The van der Waals surface area contributed by atoms with E-state index < -0.39 is 0 Å². The summed E-state index contributed by atoms with van der Waals surface area (Å²) in [6.07, 6.45) is 8.08. The Bertz CT molecular complexity index is 1130. The molecule has 0 spiro atoms. The van der Waals surface area contributed by atoms with Crippen LogP contribution >= 0.6 is 23.4 Å². The van der Waals surface area contributed by atoms with Crippen LogP contribution in [0.4, 0.5) is 0 Å². The summed E-state index contributed by atoms with van der Waals surface area (Å²) in [6.45, 7) is 3.67. The van der Waals surface area contributed by atoms with Crippen molar-refractivity contribution in [3.63, 3.8) is 0 Å². The third kappa shape index (κ3) is 4.15. The lowest BCUT2D eigenvalue weighted by atomic mass is 10.2. The second-order valence-electron chi connectivity index (χ2n) is 8.39. The minimum absolute atomic E-state index is 0.0104. The molecular weight excluding hydrogens is 446 g/mol. The number of likely N-dealkylation sites (tertiary alicyclic amines) is 1. The third-order valence-corrected chi connectivity index (χ3v) is 7.62. The Hall–Kier alpha value is -2.39. The highest BCUT2D eigenvalue weighted by Gasteiger charge is 2.34. The van der Waals surface area contributed by atoms with E-state index in [4.69, 9.17) is 11.6 Å². The zero-order valence-electron chi connectivity index (χ0n) is 18.1. The van der Waals surface area contributed by atoms with Crippen LogP contribution in [0.2, 0.25) is 5.02 Å². The van der Waals surface area contributed by atoms with Crippen molar-refractivity contribution in [3.05, 3.63) is 46.8 Å². The minimum Gasteiger partial charge on any atom is -0.332 e. The summed E-state index contributed by atoms with van der Waals surface area (Å²) in [7, 11) is 0. The van der Waals surface area contributed by atoms with E-state index >= 15 is 0 Å². The number of rotatable bonds is 5. The summed E-state index contributed by atoms with van der Waals surface area (Å²) in [4.78, 5) is 15.2. The lowest BCUT2D eigenvalue weighted by Crippen LogP contribution is -2.33. The molecule has 3 aromatic rings. The molecule has 10 heteroatoms. The fourth-order valence-corrected chi connectivity index (χ4v) is 5.52. The highest BCUT2D eigenvalue weighted by molar-refractivity contribution is 7.99. The maximum Gasteiger partial charge on any atom is 0.233 e. The molecule has 5 rings (SSSR count). The number of halogens is 1. The molecular formula is C22H26ClN7OS. The first-order chi connectivity index (χ1) is 15.6. The molecule has 0 bridgehead atoms. The van der Waals surface area contributed by atoms with Crippen LogP contribution in [-0.2, 0) is 17.8 Å². The highest BCUT2D eigenvalue weighted by Crippen LogP contribution is 2.33. The molecule has 1 aromatic carbocycles. The fraction of sp³-hybridized carbons (Fsp3) is 0.500. The van der Waals surface area contributed by atoms with Gasteiger partial charge in [0.15, 0.2) is 11.0 Å². The number of amides is 1. The molecule has 168 valence electrons. The summed E-state index contributed by atoms with van der Waals surface area (Å²) in [6, 6.07) is 5.84. The van der Waals surface area contributed by atoms with Gasteiger partial charge in [-0.15, -0.1) is 20.4 Å². The smallest absolute Gasteiger partial charge is 0.233 e. The highest BCUT2D eigenvalue weighted by atomic mass is 35.5. The van der Waals surface area contributed by atoms with Gasteiger partial charge < -0.3 is 9.47 Å².